The Morgan fingerprint density at radius 3 is 0.948 bits per heavy atom. The average Bonchev–Trinajstić information content (AvgIpc) is 3.21. The van der Waals surface area contributed by atoms with Gasteiger partial charge in [-0.25, -0.2) is 9.59 Å². The van der Waals surface area contributed by atoms with Gasteiger partial charge in [-0.3, -0.25) is 0 Å². The maximum absolute atomic E-state index is 12.8. The molecule has 4 rings (SSSR count). The van der Waals surface area contributed by atoms with Gasteiger partial charge in [0.05, 0.1) is 0 Å². The van der Waals surface area contributed by atoms with Gasteiger partial charge in [0.1, 0.15) is 34.2 Å². The number of carbonyl (C=O) groups excluding carboxylic acids is 2. The van der Waals surface area contributed by atoms with E-state index < -0.39 is 36.3 Å². The Kier molecular flexibility index (Phi) is 29.3. The second kappa shape index (κ2) is 30.4. The van der Waals surface area contributed by atoms with Gasteiger partial charge in [-0.05, 0) is 180 Å². The summed E-state index contributed by atoms with van der Waals surface area (Å²) >= 11 is 26.9. The zero-order chi connectivity index (χ0) is 59.4. The zero-order valence-electron chi connectivity index (χ0n) is 50.3. The predicted octanol–water partition coefficient (Wildman–Crippen LogP) is 22.5. The molecular weight excluding hydrogens is 1110 g/mol. The van der Waals surface area contributed by atoms with Crippen LogP contribution in [0.4, 0.5) is 9.59 Å². The molecule has 9 nitrogen and oxygen atoms in total. The van der Waals surface area contributed by atoms with Gasteiger partial charge < -0.3 is 33.5 Å². The van der Waals surface area contributed by atoms with Gasteiger partial charge in [0.25, 0.3) is 6.85 Å². The second-order valence-electron chi connectivity index (χ2n) is 25.0. The molecule has 0 saturated heterocycles. The van der Waals surface area contributed by atoms with Crippen LogP contribution in [0, 0.1) is 27.7 Å². The quantitative estimate of drug-likeness (QED) is 0.0997. The van der Waals surface area contributed by atoms with Crippen LogP contribution in [0.15, 0.2) is 48.5 Å². The fraction of sp³-hybridized carbons (Fsp3) is 0.574. The summed E-state index contributed by atoms with van der Waals surface area (Å²) in [6.07, 6.45) is -1.52. The van der Waals surface area contributed by atoms with Crippen molar-refractivity contribution in [3.63, 3.8) is 0 Å². The maximum atomic E-state index is 12.8. The van der Waals surface area contributed by atoms with Gasteiger partial charge in [0.2, 0.25) is 0 Å². The number of phenols is 1. The molecule has 0 heterocycles. The lowest BCUT2D eigenvalue weighted by atomic mass is 9.80. The van der Waals surface area contributed by atoms with Crippen LogP contribution in [-0.4, -0.2) is 53.2 Å². The first kappa shape index (κ1) is 74.3. The van der Waals surface area contributed by atoms with Crippen LogP contribution in [0.2, 0.25) is 0 Å². The van der Waals surface area contributed by atoms with E-state index in [0.29, 0.717) is 28.4 Å². The summed E-state index contributed by atoms with van der Waals surface area (Å²) in [6.45, 7) is 52.3. The maximum Gasteiger partial charge on any atom is 0.514 e. The highest BCUT2D eigenvalue weighted by atomic mass is 36.0. The standard InChI is InChI=1S/C27H37Cl2O4P.C27H38O4.C6H15N.CH4.Cl3P/c1-16-12-18(19-13-17(2)15-21(26(6,7)8)23(19)33-34(28)29)22(20(14-16)25(3,4)5)31-24(30)32-27(9,10)11;1-16-12-18(22(28)20(14-16)25(3,4)5)19-13-17(2)15-21(26(6,7)8)23(19)30-24(29)31-27(9,10)11;1-4-7(5-2)6-3;;1-4(2)3/h12-15H,1-11H3;12-15,28H,1-11H3;4-6H2,1-3H3;1H4;. The minimum absolute atomic E-state index is 0. The van der Waals surface area contributed by atoms with Crippen molar-refractivity contribution < 1.29 is 38.2 Å². The van der Waals surface area contributed by atoms with E-state index in [4.69, 9.17) is 79.7 Å². The molecule has 0 saturated carbocycles. The molecule has 0 fully saturated rings. The molecule has 0 bridgehead atoms. The third kappa shape index (κ3) is 25.3. The number of carbonyl (C=O) groups is 2. The van der Waals surface area contributed by atoms with Crippen LogP contribution >= 0.6 is 69.0 Å². The van der Waals surface area contributed by atoms with E-state index in [0.717, 1.165) is 55.6 Å². The van der Waals surface area contributed by atoms with Gasteiger partial charge in [-0.1, -0.05) is 169 Å². The molecule has 4 aromatic carbocycles. The molecule has 0 aliphatic heterocycles. The highest BCUT2D eigenvalue weighted by Crippen LogP contribution is 2.55. The van der Waals surface area contributed by atoms with E-state index in [2.05, 4.69) is 115 Å². The van der Waals surface area contributed by atoms with E-state index in [1.165, 1.54) is 19.6 Å². The molecule has 16 heteroatoms. The first-order valence-electron chi connectivity index (χ1n) is 25.7. The van der Waals surface area contributed by atoms with Crippen molar-refractivity contribution in [1.29, 1.82) is 0 Å². The zero-order valence-corrected chi connectivity index (χ0v) is 55.8. The number of aromatic hydroxyl groups is 1. The van der Waals surface area contributed by atoms with Crippen LogP contribution in [0.5, 0.6) is 23.0 Å². The lowest BCUT2D eigenvalue weighted by Crippen LogP contribution is -2.27. The second-order valence-corrected chi connectivity index (χ2v) is 32.9. The molecule has 4 aromatic rings. The summed E-state index contributed by atoms with van der Waals surface area (Å²) in [7, 11) is 0. The topological polar surface area (TPSA) is 104 Å². The van der Waals surface area contributed by atoms with Gasteiger partial charge in [-0.2, -0.15) is 0 Å². The van der Waals surface area contributed by atoms with E-state index in [1.807, 2.05) is 70.2 Å². The fourth-order valence-electron chi connectivity index (χ4n) is 7.91. The first-order chi connectivity index (χ1) is 34.3. The Hall–Kier alpha value is -2.71. The lowest BCUT2D eigenvalue weighted by molar-refractivity contribution is 0.0190. The summed E-state index contributed by atoms with van der Waals surface area (Å²) in [5.41, 5.74) is 8.11. The Morgan fingerprint density at radius 2 is 0.701 bits per heavy atom. The SMILES string of the molecule is C.CCN(CC)CC.Cc1cc(-c2cc(C)cc(C(C)(C)C)c2OC(=O)OC(C)(C)C)c(O)c(C(C)(C)C)c1.Cc1cc(-c2cc(C)cc(C(C)(C)C)c2OP(Cl)Cl)c(OC(=O)OC(C)(C)C)c(C(C)(C)C)c1.ClP(Cl)Cl. The van der Waals surface area contributed by atoms with E-state index >= 15 is 0 Å². The number of benzene rings is 4. The minimum Gasteiger partial charge on any atom is -0.507 e. The smallest absolute Gasteiger partial charge is 0.507 e. The molecule has 77 heavy (non-hydrogen) atoms. The van der Waals surface area contributed by atoms with E-state index in [9.17, 15) is 14.7 Å². The van der Waals surface area contributed by atoms with Crippen molar-refractivity contribution in [2.45, 2.75) is 213 Å². The number of halogens is 5. The van der Waals surface area contributed by atoms with Gasteiger partial charge >= 0.3 is 12.3 Å². The number of phenolic OH excluding ortho intramolecular Hbond substituents is 1. The molecule has 1 N–H and O–H groups in total. The lowest BCUT2D eigenvalue weighted by Gasteiger charge is -2.29. The number of rotatable bonds is 9. The van der Waals surface area contributed by atoms with Crippen molar-refractivity contribution in [2.24, 2.45) is 0 Å². The largest absolute Gasteiger partial charge is 0.514 e. The molecule has 0 amide bonds. The highest BCUT2D eigenvalue weighted by Gasteiger charge is 2.33. The van der Waals surface area contributed by atoms with Crippen molar-refractivity contribution in [2.75, 3.05) is 19.6 Å². The number of nitrogens with zero attached hydrogens (tertiary/aromatic N) is 1. The summed E-state index contributed by atoms with van der Waals surface area (Å²) in [4.78, 5) is 27.8. The highest BCUT2D eigenvalue weighted by molar-refractivity contribution is 8.20. The third-order valence-electron chi connectivity index (χ3n) is 11.4. The van der Waals surface area contributed by atoms with Crippen molar-refractivity contribution in [3.8, 4) is 45.3 Å². The number of aryl methyl sites for hydroxylation is 4. The van der Waals surface area contributed by atoms with Crippen LogP contribution in [0.1, 0.15) is 197 Å². The van der Waals surface area contributed by atoms with Gasteiger partial charge in [0, 0.05) is 44.5 Å². The van der Waals surface area contributed by atoms with Crippen molar-refractivity contribution in [3.05, 3.63) is 93.0 Å². The van der Waals surface area contributed by atoms with E-state index in [1.54, 1.807) is 41.5 Å². The molecule has 0 atom stereocenters. The van der Waals surface area contributed by atoms with Crippen LogP contribution in [0.3, 0.4) is 0 Å². The molecule has 0 unspecified atom stereocenters. The number of hydrogen-bond donors (Lipinski definition) is 1. The molecular formula is C61H94Cl5NO8P2. The minimum atomic E-state index is -1.73. The first-order valence-corrected chi connectivity index (χ1v) is 32.8. The van der Waals surface area contributed by atoms with Gasteiger partial charge in [0.15, 0.2) is 5.98 Å². The molecule has 0 radical (unpaired) electrons. The van der Waals surface area contributed by atoms with Crippen molar-refractivity contribution >= 4 is 81.3 Å². The number of ether oxygens (including phenoxy) is 4. The molecule has 0 aliphatic rings. The normalized spacial score (nSPS) is 12.1. The van der Waals surface area contributed by atoms with Gasteiger partial charge in [-0.15, -0.1) is 0 Å². The Labute approximate surface area is 492 Å². The van der Waals surface area contributed by atoms with Crippen LogP contribution < -0.4 is 14.0 Å². The predicted molar refractivity (Wildman–Crippen MR) is 337 cm³/mol. The van der Waals surface area contributed by atoms with Crippen LogP contribution in [0.25, 0.3) is 22.3 Å². The Balaban J connectivity index is 0.00000124. The molecule has 0 aromatic heterocycles. The summed E-state index contributed by atoms with van der Waals surface area (Å²) < 4.78 is 28.7. The summed E-state index contributed by atoms with van der Waals surface area (Å²) in [6, 6.07) is 16.1. The molecule has 0 spiro atoms. The number of hydrogen-bond acceptors (Lipinski definition) is 9. The van der Waals surface area contributed by atoms with E-state index in [-0.39, 0.29) is 34.8 Å². The van der Waals surface area contributed by atoms with Crippen molar-refractivity contribution in [1.82, 2.24) is 4.90 Å². The molecule has 0 aliphatic carbocycles. The average molecular weight is 1210 g/mol. The Morgan fingerprint density at radius 1 is 0.455 bits per heavy atom. The monoisotopic (exact) mass is 1210 g/mol. The Bertz CT molecular complexity index is 2550. The summed E-state index contributed by atoms with van der Waals surface area (Å²) in [5, 5.41) is 11.3. The summed E-state index contributed by atoms with van der Waals surface area (Å²) in [5.74, 6) is 0.459. The van der Waals surface area contributed by atoms with Crippen LogP contribution in [-0.2, 0) is 31.1 Å². The fourth-order valence-corrected chi connectivity index (χ4v) is 8.66. The molecule has 436 valence electrons. The third-order valence-corrected chi connectivity index (χ3v) is 12.2.